The predicted molar refractivity (Wildman–Crippen MR) is 81.1 cm³/mol. The molecule has 3 nitrogen and oxygen atoms in total. The fourth-order valence-electron chi connectivity index (χ4n) is 2.42. The highest BCUT2D eigenvalue weighted by Gasteiger charge is 2.17. The summed E-state index contributed by atoms with van der Waals surface area (Å²) in [5.74, 6) is 0.935. The summed E-state index contributed by atoms with van der Waals surface area (Å²) in [7, 11) is 1.72. The Hall–Kier alpha value is -1.48. The fraction of sp³-hybridized carbons (Fsp3) is 0.500. The summed E-state index contributed by atoms with van der Waals surface area (Å²) in [5, 5.41) is 0. The van der Waals surface area contributed by atoms with Crippen LogP contribution in [0.3, 0.4) is 0 Å². The average molecular weight is 260 g/mol. The van der Waals surface area contributed by atoms with Crippen LogP contribution in [0, 0.1) is 0 Å². The third kappa shape index (κ3) is 3.74. The van der Waals surface area contributed by atoms with Gasteiger partial charge in [0.05, 0.1) is 7.11 Å². The molecule has 1 aliphatic rings. The number of anilines is 1. The van der Waals surface area contributed by atoms with Crippen molar-refractivity contribution >= 4 is 5.69 Å². The molecule has 0 spiro atoms. The number of hydrogen-bond acceptors (Lipinski definition) is 3. The Bertz CT molecular complexity index is 434. The first-order valence-electron chi connectivity index (χ1n) is 6.96. The van der Waals surface area contributed by atoms with E-state index in [1.165, 1.54) is 11.3 Å². The Morgan fingerprint density at radius 3 is 2.63 bits per heavy atom. The van der Waals surface area contributed by atoms with Crippen LogP contribution < -0.4 is 9.64 Å². The highest BCUT2D eigenvalue weighted by molar-refractivity contribution is 5.51. The summed E-state index contributed by atoms with van der Waals surface area (Å²) in [6.07, 6.45) is 2.20. The van der Waals surface area contributed by atoms with Gasteiger partial charge >= 0.3 is 0 Å². The Labute approximate surface area is 116 Å². The van der Waals surface area contributed by atoms with Gasteiger partial charge in [0.2, 0.25) is 0 Å². The minimum absolute atomic E-state index is 0.935. The molecule has 1 saturated heterocycles. The van der Waals surface area contributed by atoms with Crippen LogP contribution in [0.2, 0.25) is 0 Å². The zero-order valence-electron chi connectivity index (χ0n) is 12.2. The molecule has 2 rings (SSSR count). The highest BCUT2D eigenvalue weighted by Crippen LogP contribution is 2.22. The summed E-state index contributed by atoms with van der Waals surface area (Å²) >= 11 is 0. The maximum absolute atomic E-state index is 5.29. The summed E-state index contributed by atoms with van der Waals surface area (Å²) < 4.78 is 5.29. The van der Waals surface area contributed by atoms with Crippen LogP contribution in [0.5, 0.6) is 5.75 Å². The van der Waals surface area contributed by atoms with Crippen molar-refractivity contribution in [3.63, 3.8) is 0 Å². The lowest BCUT2D eigenvalue weighted by atomic mass is 10.2. The molecule has 0 atom stereocenters. The van der Waals surface area contributed by atoms with Crippen LogP contribution in [-0.2, 0) is 0 Å². The first kappa shape index (κ1) is 13.9. The molecular formula is C16H24N2O. The Kier molecular flexibility index (Phi) is 4.86. The van der Waals surface area contributed by atoms with Crippen molar-refractivity contribution in [2.45, 2.75) is 13.8 Å². The van der Waals surface area contributed by atoms with E-state index in [4.69, 9.17) is 4.74 Å². The van der Waals surface area contributed by atoms with Crippen LogP contribution in [-0.4, -0.2) is 44.7 Å². The minimum atomic E-state index is 0.935. The van der Waals surface area contributed by atoms with E-state index < -0.39 is 0 Å². The topological polar surface area (TPSA) is 15.7 Å². The summed E-state index contributed by atoms with van der Waals surface area (Å²) in [4.78, 5) is 4.95. The van der Waals surface area contributed by atoms with E-state index >= 15 is 0 Å². The normalized spacial score (nSPS) is 17.6. The maximum Gasteiger partial charge on any atom is 0.120 e. The highest BCUT2D eigenvalue weighted by atomic mass is 16.5. The van der Waals surface area contributed by atoms with E-state index in [-0.39, 0.29) is 0 Å². The summed E-state index contributed by atoms with van der Waals surface area (Å²) in [6, 6.07) is 8.34. The summed E-state index contributed by atoms with van der Waals surface area (Å²) in [5.41, 5.74) is 2.72. The molecule has 1 aliphatic heterocycles. The SMILES string of the molecule is CC=C(C)CN1CCN(c2cccc(OC)c2)CC1. The standard InChI is InChI=1S/C16H24N2O/c1-4-14(2)13-17-8-10-18(11-9-17)15-6-5-7-16(12-15)19-3/h4-7,12H,8-11,13H2,1-3H3. The molecule has 0 saturated carbocycles. The number of piperazine rings is 1. The van der Waals surface area contributed by atoms with Gasteiger partial charge in [-0.25, -0.2) is 0 Å². The minimum Gasteiger partial charge on any atom is -0.497 e. The molecule has 1 heterocycles. The Morgan fingerprint density at radius 1 is 1.26 bits per heavy atom. The second-order valence-electron chi connectivity index (χ2n) is 5.10. The second-order valence-corrected chi connectivity index (χ2v) is 5.10. The van der Waals surface area contributed by atoms with Crippen LogP contribution in [0.1, 0.15) is 13.8 Å². The molecule has 104 valence electrons. The van der Waals surface area contributed by atoms with Gasteiger partial charge in [-0.15, -0.1) is 0 Å². The Balaban J connectivity index is 1.92. The molecular weight excluding hydrogens is 236 g/mol. The molecule has 0 aromatic heterocycles. The predicted octanol–water partition coefficient (Wildman–Crippen LogP) is 2.78. The quantitative estimate of drug-likeness (QED) is 0.774. The van der Waals surface area contributed by atoms with Gasteiger partial charge in [-0.3, -0.25) is 4.90 Å². The molecule has 1 fully saturated rings. The van der Waals surface area contributed by atoms with Crippen LogP contribution in [0.25, 0.3) is 0 Å². The molecule has 0 N–H and O–H groups in total. The van der Waals surface area contributed by atoms with Crippen molar-refractivity contribution in [2.24, 2.45) is 0 Å². The number of benzene rings is 1. The molecule has 1 aromatic rings. The van der Waals surface area contributed by atoms with Crippen molar-refractivity contribution in [3.8, 4) is 5.75 Å². The van der Waals surface area contributed by atoms with Crippen molar-refractivity contribution < 1.29 is 4.74 Å². The third-order valence-corrected chi connectivity index (χ3v) is 3.76. The molecule has 3 heteroatoms. The van der Waals surface area contributed by atoms with Crippen molar-refractivity contribution in [1.82, 2.24) is 4.90 Å². The second kappa shape index (κ2) is 6.62. The van der Waals surface area contributed by atoms with E-state index in [0.29, 0.717) is 0 Å². The molecule has 0 amide bonds. The van der Waals surface area contributed by atoms with Crippen LogP contribution >= 0.6 is 0 Å². The van der Waals surface area contributed by atoms with E-state index in [1.807, 2.05) is 6.07 Å². The first-order chi connectivity index (χ1) is 9.22. The maximum atomic E-state index is 5.29. The number of rotatable bonds is 4. The van der Waals surface area contributed by atoms with E-state index in [0.717, 1.165) is 38.5 Å². The lowest BCUT2D eigenvalue weighted by molar-refractivity contribution is 0.278. The number of hydrogen-bond donors (Lipinski definition) is 0. The van der Waals surface area contributed by atoms with Crippen molar-refractivity contribution in [3.05, 3.63) is 35.9 Å². The fourth-order valence-corrected chi connectivity index (χ4v) is 2.42. The molecule has 0 bridgehead atoms. The lowest BCUT2D eigenvalue weighted by Gasteiger charge is -2.36. The summed E-state index contributed by atoms with van der Waals surface area (Å²) in [6.45, 7) is 9.85. The molecule has 0 radical (unpaired) electrons. The molecule has 0 unspecified atom stereocenters. The molecule has 19 heavy (non-hydrogen) atoms. The number of nitrogens with zero attached hydrogens (tertiary/aromatic N) is 2. The number of methoxy groups -OCH3 is 1. The van der Waals surface area contributed by atoms with Gasteiger partial charge in [0, 0.05) is 44.5 Å². The van der Waals surface area contributed by atoms with E-state index in [2.05, 4.69) is 47.9 Å². The monoisotopic (exact) mass is 260 g/mol. The van der Waals surface area contributed by atoms with E-state index in [1.54, 1.807) is 7.11 Å². The lowest BCUT2D eigenvalue weighted by Crippen LogP contribution is -2.46. The first-order valence-corrected chi connectivity index (χ1v) is 6.96. The van der Waals surface area contributed by atoms with Gasteiger partial charge < -0.3 is 9.64 Å². The molecule has 0 aliphatic carbocycles. The van der Waals surface area contributed by atoms with Gasteiger partial charge in [0.25, 0.3) is 0 Å². The van der Waals surface area contributed by atoms with Gasteiger partial charge in [-0.05, 0) is 26.0 Å². The van der Waals surface area contributed by atoms with Gasteiger partial charge in [0.1, 0.15) is 5.75 Å². The zero-order valence-corrected chi connectivity index (χ0v) is 12.2. The van der Waals surface area contributed by atoms with Crippen LogP contribution in [0.4, 0.5) is 5.69 Å². The van der Waals surface area contributed by atoms with Gasteiger partial charge in [-0.2, -0.15) is 0 Å². The largest absolute Gasteiger partial charge is 0.497 e. The Morgan fingerprint density at radius 2 is 2.00 bits per heavy atom. The van der Waals surface area contributed by atoms with E-state index in [9.17, 15) is 0 Å². The zero-order chi connectivity index (χ0) is 13.7. The van der Waals surface area contributed by atoms with Crippen molar-refractivity contribution in [2.75, 3.05) is 44.7 Å². The molecule has 1 aromatic carbocycles. The van der Waals surface area contributed by atoms with Crippen LogP contribution in [0.15, 0.2) is 35.9 Å². The third-order valence-electron chi connectivity index (χ3n) is 3.76. The average Bonchev–Trinajstić information content (AvgIpc) is 2.48. The smallest absolute Gasteiger partial charge is 0.120 e. The number of ether oxygens (including phenoxy) is 1. The number of allylic oxidation sites excluding steroid dienone is 1. The van der Waals surface area contributed by atoms with Gasteiger partial charge in [-0.1, -0.05) is 17.7 Å². The van der Waals surface area contributed by atoms with Gasteiger partial charge in [0.15, 0.2) is 0 Å². The van der Waals surface area contributed by atoms with Crippen molar-refractivity contribution in [1.29, 1.82) is 0 Å².